The summed E-state index contributed by atoms with van der Waals surface area (Å²) in [5.41, 5.74) is 1.71. The van der Waals surface area contributed by atoms with E-state index >= 15 is 0 Å². The van der Waals surface area contributed by atoms with Crippen molar-refractivity contribution in [3.05, 3.63) is 48.5 Å². The first-order chi connectivity index (χ1) is 9.13. The fourth-order valence-corrected chi connectivity index (χ4v) is 2.03. The molecule has 0 spiro atoms. The minimum Gasteiger partial charge on any atom is -0.275 e. The predicted octanol–water partition coefficient (Wildman–Crippen LogP) is 3.57. The van der Waals surface area contributed by atoms with Gasteiger partial charge in [0, 0.05) is 30.4 Å². The van der Waals surface area contributed by atoms with Crippen LogP contribution >= 0.6 is 0 Å². The van der Waals surface area contributed by atoms with Crippen molar-refractivity contribution < 1.29 is 8.78 Å². The van der Waals surface area contributed by atoms with E-state index in [2.05, 4.69) is 10.1 Å². The van der Waals surface area contributed by atoms with E-state index in [4.69, 9.17) is 0 Å². The van der Waals surface area contributed by atoms with Gasteiger partial charge in [-0.25, -0.2) is 8.78 Å². The van der Waals surface area contributed by atoms with E-state index < -0.39 is 6.43 Å². The number of hydrogen-bond acceptors (Lipinski definition) is 2. The molecule has 0 aliphatic heterocycles. The lowest BCUT2D eigenvalue weighted by Crippen LogP contribution is -1.89. The van der Waals surface area contributed by atoms with Gasteiger partial charge in [-0.15, -0.1) is 0 Å². The molecule has 0 radical (unpaired) electrons. The van der Waals surface area contributed by atoms with Crippen LogP contribution < -0.4 is 0 Å². The van der Waals surface area contributed by atoms with E-state index in [1.165, 1.54) is 12.3 Å². The molecule has 19 heavy (non-hydrogen) atoms. The van der Waals surface area contributed by atoms with Gasteiger partial charge in [0.1, 0.15) is 5.69 Å². The Morgan fingerprint density at radius 3 is 2.58 bits per heavy atom. The summed E-state index contributed by atoms with van der Waals surface area (Å²) in [5, 5.41) is 5.70. The molecule has 96 valence electrons. The highest BCUT2D eigenvalue weighted by Crippen LogP contribution is 2.26. The first-order valence-corrected chi connectivity index (χ1v) is 5.80. The Hall–Kier alpha value is -2.30. The van der Waals surface area contributed by atoms with E-state index in [1.54, 1.807) is 10.9 Å². The molecule has 0 atom stereocenters. The number of hydrogen-bond donors (Lipinski definition) is 0. The Labute approximate surface area is 108 Å². The van der Waals surface area contributed by atoms with Crippen LogP contribution in [0.25, 0.3) is 21.9 Å². The molecule has 0 N–H and O–H groups in total. The number of benzene rings is 1. The van der Waals surface area contributed by atoms with Crippen LogP contribution in [0.3, 0.4) is 0 Å². The lowest BCUT2D eigenvalue weighted by molar-refractivity contribution is 0.146. The van der Waals surface area contributed by atoms with Crippen LogP contribution in [-0.2, 0) is 7.05 Å². The minimum absolute atomic E-state index is 0.198. The van der Waals surface area contributed by atoms with Crippen molar-refractivity contribution in [2.45, 2.75) is 6.43 Å². The second kappa shape index (κ2) is 4.42. The maximum Gasteiger partial charge on any atom is 0.280 e. The Kier molecular flexibility index (Phi) is 2.74. The lowest BCUT2D eigenvalue weighted by atomic mass is 10.0. The van der Waals surface area contributed by atoms with Gasteiger partial charge >= 0.3 is 0 Å². The van der Waals surface area contributed by atoms with Crippen molar-refractivity contribution in [2.24, 2.45) is 7.05 Å². The van der Waals surface area contributed by atoms with Gasteiger partial charge in [-0.05, 0) is 23.1 Å². The molecule has 0 saturated carbocycles. The first-order valence-electron chi connectivity index (χ1n) is 5.80. The topological polar surface area (TPSA) is 30.7 Å². The van der Waals surface area contributed by atoms with E-state index in [9.17, 15) is 8.78 Å². The average Bonchev–Trinajstić information content (AvgIpc) is 2.84. The van der Waals surface area contributed by atoms with Crippen LogP contribution in [0.5, 0.6) is 0 Å². The second-order valence-corrected chi connectivity index (χ2v) is 4.37. The second-order valence-electron chi connectivity index (χ2n) is 4.37. The highest BCUT2D eigenvalue weighted by Gasteiger charge is 2.09. The summed E-state index contributed by atoms with van der Waals surface area (Å²) in [6.07, 6.45) is 2.56. The zero-order valence-electron chi connectivity index (χ0n) is 10.2. The summed E-state index contributed by atoms with van der Waals surface area (Å²) < 4.78 is 27.0. The van der Waals surface area contributed by atoms with Crippen LogP contribution in [0.2, 0.25) is 0 Å². The third-order valence-electron chi connectivity index (χ3n) is 3.00. The normalized spacial score (nSPS) is 11.4. The van der Waals surface area contributed by atoms with Crippen molar-refractivity contribution in [2.75, 3.05) is 0 Å². The minimum atomic E-state index is -2.55. The largest absolute Gasteiger partial charge is 0.280 e. The van der Waals surface area contributed by atoms with Crippen LogP contribution in [0.4, 0.5) is 8.78 Å². The molecule has 0 saturated heterocycles. The van der Waals surface area contributed by atoms with E-state index in [0.29, 0.717) is 0 Å². The number of fused-ring (bicyclic) bond motifs is 1. The van der Waals surface area contributed by atoms with Crippen molar-refractivity contribution >= 4 is 10.8 Å². The standard InChI is InChI=1S/C14H11F2N3/c1-19-8-12(7-18-19)9-2-3-10-6-17-13(14(15)16)5-11(10)4-9/h2-8,14H,1H3. The Balaban J connectivity index is 2.13. The first kappa shape index (κ1) is 11.8. The predicted molar refractivity (Wildman–Crippen MR) is 68.9 cm³/mol. The quantitative estimate of drug-likeness (QED) is 0.704. The van der Waals surface area contributed by atoms with Crippen molar-refractivity contribution in [1.29, 1.82) is 0 Å². The van der Waals surface area contributed by atoms with Gasteiger partial charge in [0.2, 0.25) is 0 Å². The van der Waals surface area contributed by atoms with Gasteiger partial charge in [-0.2, -0.15) is 5.10 Å². The summed E-state index contributed by atoms with van der Waals surface area (Å²) in [4.78, 5) is 3.75. The molecule has 0 aliphatic rings. The van der Waals surface area contributed by atoms with Gasteiger partial charge in [0.15, 0.2) is 0 Å². The summed E-state index contributed by atoms with van der Waals surface area (Å²) >= 11 is 0. The molecular weight excluding hydrogens is 248 g/mol. The SMILES string of the molecule is Cn1cc(-c2ccc3cnc(C(F)F)cc3c2)cn1. The molecule has 2 aromatic heterocycles. The van der Waals surface area contributed by atoms with Crippen LogP contribution in [-0.4, -0.2) is 14.8 Å². The summed E-state index contributed by atoms with van der Waals surface area (Å²) in [5.74, 6) is 0. The number of alkyl halides is 2. The molecule has 0 aliphatic carbocycles. The number of aryl methyl sites for hydroxylation is 1. The molecule has 0 fully saturated rings. The Morgan fingerprint density at radius 1 is 1.05 bits per heavy atom. The maximum absolute atomic E-state index is 12.6. The summed E-state index contributed by atoms with van der Waals surface area (Å²) in [6, 6.07) is 7.11. The highest BCUT2D eigenvalue weighted by molar-refractivity contribution is 5.86. The number of nitrogens with zero attached hydrogens (tertiary/aromatic N) is 3. The number of rotatable bonds is 2. The molecule has 3 aromatic rings. The third-order valence-corrected chi connectivity index (χ3v) is 3.00. The number of pyridine rings is 1. The molecule has 0 bridgehead atoms. The fourth-order valence-electron chi connectivity index (χ4n) is 2.03. The maximum atomic E-state index is 12.6. The zero-order chi connectivity index (χ0) is 13.4. The average molecular weight is 259 g/mol. The lowest BCUT2D eigenvalue weighted by Gasteiger charge is -2.04. The van der Waals surface area contributed by atoms with E-state index in [-0.39, 0.29) is 5.69 Å². The summed E-state index contributed by atoms with van der Waals surface area (Å²) in [7, 11) is 1.84. The summed E-state index contributed by atoms with van der Waals surface area (Å²) in [6.45, 7) is 0. The van der Waals surface area contributed by atoms with E-state index in [0.717, 1.165) is 21.9 Å². The molecule has 2 heterocycles. The Morgan fingerprint density at radius 2 is 1.89 bits per heavy atom. The van der Waals surface area contributed by atoms with E-state index in [1.807, 2.05) is 31.4 Å². The van der Waals surface area contributed by atoms with Crippen LogP contribution in [0, 0.1) is 0 Å². The van der Waals surface area contributed by atoms with Gasteiger partial charge in [-0.1, -0.05) is 12.1 Å². The van der Waals surface area contributed by atoms with Gasteiger partial charge in [0.05, 0.1) is 6.20 Å². The van der Waals surface area contributed by atoms with Crippen molar-refractivity contribution in [3.8, 4) is 11.1 Å². The molecular formula is C14H11F2N3. The molecule has 3 rings (SSSR count). The number of halogens is 2. The van der Waals surface area contributed by atoms with Crippen molar-refractivity contribution in [1.82, 2.24) is 14.8 Å². The van der Waals surface area contributed by atoms with Gasteiger partial charge in [-0.3, -0.25) is 9.67 Å². The molecule has 3 nitrogen and oxygen atoms in total. The monoisotopic (exact) mass is 259 g/mol. The third kappa shape index (κ3) is 2.19. The van der Waals surface area contributed by atoms with Crippen LogP contribution in [0.15, 0.2) is 42.9 Å². The van der Waals surface area contributed by atoms with Crippen LogP contribution in [0.1, 0.15) is 12.1 Å². The van der Waals surface area contributed by atoms with Crippen molar-refractivity contribution in [3.63, 3.8) is 0 Å². The molecule has 0 unspecified atom stereocenters. The molecule has 0 amide bonds. The zero-order valence-corrected chi connectivity index (χ0v) is 10.2. The molecule has 1 aromatic carbocycles. The molecule has 5 heteroatoms. The van der Waals surface area contributed by atoms with Gasteiger partial charge < -0.3 is 0 Å². The smallest absolute Gasteiger partial charge is 0.275 e. The fraction of sp³-hybridized carbons (Fsp3) is 0.143. The Bertz CT molecular complexity index is 734. The van der Waals surface area contributed by atoms with Gasteiger partial charge in [0.25, 0.3) is 6.43 Å². The number of aromatic nitrogens is 3. The highest BCUT2D eigenvalue weighted by atomic mass is 19.3.